The smallest absolute Gasteiger partial charge is 0.234 e. The number of hydrogen-bond acceptors (Lipinski definition) is 3. The maximum absolute atomic E-state index is 12.1. The molecule has 0 unspecified atom stereocenters. The Labute approximate surface area is 147 Å². The van der Waals surface area contributed by atoms with Gasteiger partial charge in [-0.3, -0.25) is 9.59 Å². The molecule has 2 rings (SSSR count). The van der Waals surface area contributed by atoms with Crippen LogP contribution in [0.3, 0.4) is 0 Å². The highest BCUT2D eigenvalue weighted by atomic mass is 32.2. The Bertz CT molecular complexity index is 712. The monoisotopic (exact) mass is 342 g/mol. The van der Waals surface area contributed by atoms with Crippen molar-refractivity contribution >= 4 is 35.0 Å². The van der Waals surface area contributed by atoms with Crippen LogP contribution in [0.15, 0.2) is 53.4 Å². The molecule has 0 saturated carbocycles. The van der Waals surface area contributed by atoms with Crippen molar-refractivity contribution in [3.05, 3.63) is 54.1 Å². The minimum Gasteiger partial charge on any atom is -0.326 e. The fourth-order valence-corrected chi connectivity index (χ4v) is 2.86. The maximum atomic E-state index is 12.1. The highest BCUT2D eigenvalue weighted by molar-refractivity contribution is 8.00. The largest absolute Gasteiger partial charge is 0.326 e. The molecule has 4 nitrogen and oxygen atoms in total. The number of rotatable bonds is 6. The van der Waals surface area contributed by atoms with E-state index in [1.807, 2.05) is 42.5 Å². The second-order valence-electron chi connectivity index (χ2n) is 5.82. The normalized spacial score (nSPS) is 10.5. The van der Waals surface area contributed by atoms with Crippen LogP contribution in [0.25, 0.3) is 0 Å². The summed E-state index contributed by atoms with van der Waals surface area (Å²) in [5.41, 5.74) is 2.78. The molecule has 0 atom stereocenters. The molecule has 0 aromatic heterocycles. The van der Waals surface area contributed by atoms with Crippen molar-refractivity contribution in [1.82, 2.24) is 0 Å². The summed E-state index contributed by atoms with van der Waals surface area (Å²) >= 11 is 1.46. The van der Waals surface area contributed by atoms with Gasteiger partial charge in [0.15, 0.2) is 0 Å². The molecule has 0 aliphatic heterocycles. The zero-order valence-corrected chi connectivity index (χ0v) is 14.9. The van der Waals surface area contributed by atoms with Crippen LogP contribution < -0.4 is 10.6 Å². The molecular weight excluding hydrogens is 320 g/mol. The van der Waals surface area contributed by atoms with Gasteiger partial charge in [-0.1, -0.05) is 26.0 Å². The Morgan fingerprint density at radius 3 is 2.33 bits per heavy atom. The van der Waals surface area contributed by atoms with Crippen molar-refractivity contribution in [1.29, 1.82) is 0 Å². The average molecular weight is 342 g/mol. The second kappa shape index (κ2) is 8.55. The van der Waals surface area contributed by atoms with Crippen molar-refractivity contribution in [2.24, 2.45) is 0 Å². The average Bonchev–Trinajstić information content (AvgIpc) is 2.54. The summed E-state index contributed by atoms with van der Waals surface area (Å²) < 4.78 is 0. The molecule has 0 saturated heterocycles. The number of hydrogen-bond donors (Lipinski definition) is 2. The third kappa shape index (κ3) is 5.74. The summed E-state index contributed by atoms with van der Waals surface area (Å²) in [6, 6.07) is 15.4. The Balaban J connectivity index is 1.87. The predicted octanol–water partition coefficient (Wildman–Crippen LogP) is 4.50. The maximum Gasteiger partial charge on any atom is 0.234 e. The molecule has 0 radical (unpaired) electrons. The molecule has 24 heavy (non-hydrogen) atoms. The lowest BCUT2D eigenvalue weighted by atomic mass is 10.0. The zero-order valence-electron chi connectivity index (χ0n) is 14.1. The van der Waals surface area contributed by atoms with Crippen molar-refractivity contribution in [2.75, 3.05) is 16.4 Å². The standard InChI is InChI=1S/C19H22N2O2S/c1-13(2)15-5-4-6-17(11-15)21-19(23)12-24-18-9-7-16(8-10-18)20-14(3)22/h4-11,13H,12H2,1-3H3,(H,20,22)(H,21,23). The van der Waals surface area contributed by atoms with E-state index in [-0.39, 0.29) is 11.8 Å². The van der Waals surface area contributed by atoms with Gasteiger partial charge in [-0.15, -0.1) is 11.8 Å². The molecule has 2 N–H and O–H groups in total. The van der Waals surface area contributed by atoms with Gasteiger partial charge < -0.3 is 10.6 Å². The van der Waals surface area contributed by atoms with Gasteiger partial charge in [0.25, 0.3) is 0 Å². The van der Waals surface area contributed by atoms with Gasteiger partial charge in [-0.2, -0.15) is 0 Å². The first-order valence-electron chi connectivity index (χ1n) is 7.84. The minimum atomic E-state index is -0.0987. The van der Waals surface area contributed by atoms with Gasteiger partial charge in [0.05, 0.1) is 5.75 Å². The number of carbonyl (C=O) groups is 2. The van der Waals surface area contributed by atoms with E-state index < -0.39 is 0 Å². The van der Waals surface area contributed by atoms with Crippen LogP contribution >= 0.6 is 11.8 Å². The fraction of sp³-hybridized carbons (Fsp3) is 0.263. The third-order valence-electron chi connectivity index (χ3n) is 3.38. The molecule has 0 fully saturated rings. The summed E-state index contributed by atoms with van der Waals surface area (Å²) in [4.78, 5) is 24.1. The van der Waals surface area contributed by atoms with E-state index in [0.29, 0.717) is 11.7 Å². The number of thioether (sulfide) groups is 1. The number of anilines is 2. The highest BCUT2D eigenvalue weighted by Gasteiger charge is 2.06. The number of amides is 2. The van der Waals surface area contributed by atoms with Gasteiger partial charge in [-0.05, 0) is 47.9 Å². The Kier molecular flexibility index (Phi) is 6.44. The van der Waals surface area contributed by atoms with E-state index in [1.54, 1.807) is 0 Å². The van der Waals surface area contributed by atoms with Crippen LogP contribution in [0.4, 0.5) is 11.4 Å². The lowest BCUT2D eigenvalue weighted by Crippen LogP contribution is -2.14. The summed E-state index contributed by atoms with van der Waals surface area (Å²) in [7, 11) is 0. The molecule has 2 amide bonds. The van der Waals surface area contributed by atoms with Crippen molar-refractivity contribution in [3.8, 4) is 0 Å². The molecule has 0 spiro atoms. The second-order valence-corrected chi connectivity index (χ2v) is 6.87. The van der Waals surface area contributed by atoms with Gasteiger partial charge in [0.2, 0.25) is 11.8 Å². The van der Waals surface area contributed by atoms with Crippen LogP contribution in [0.2, 0.25) is 0 Å². The van der Waals surface area contributed by atoms with Crippen LogP contribution in [0, 0.1) is 0 Å². The van der Waals surface area contributed by atoms with Gasteiger partial charge in [0.1, 0.15) is 0 Å². The van der Waals surface area contributed by atoms with Crippen LogP contribution in [0.5, 0.6) is 0 Å². The van der Waals surface area contributed by atoms with Crippen molar-refractivity contribution in [2.45, 2.75) is 31.6 Å². The molecule has 2 aromatic rings. The topological polar surface area (TPSA) is 58.2 Å². The van der Waals surface area contributed by atoms with E-state index in [2.05, 4.69) is 30.5 Å². The van der Waals surface area contributed by atoms with E-state index >= 15 is 0 Å². The fourth-order valence-electron chi connectivity index (χ4n) is 2.16. The van der Waals surface area contributed by atoms with Crippen molar-refractivity contribution < 1.29 is 9.59 Å². The molecule has 2 aromatic carbocycles. The molecular formula is C19H22N2O2S. The Morgan fingerprint density at radius 2 is 1.71 bits per heavy atom. The van der Waals surface area contributed by atoms with Crippen LogP contribution in [0.1, 0.15) is 32.3 Å². The van der Waals surface area contributed by atoms with E-state index in [0.717, 1.165) is 16.3 Å². The summed E-state index contributed by atoms with van der Waals surface area (Å²) in [5, 5.41) is 5.64. The molecule has 126 valence electrons. The lowest BCUT2D eigenvalue weighted by Gasteiger charge is -2.09. The van der Waals surface area contributed by atoms with Gasteiger partial charge >= 0.3 is 0 Å². The highest BCUT2D eigenvalue weighted by Crippen LogP contribution is 2.22. The molecule has 0 aliphatic carbocycles. The zero-order chi connectivity index (χ0) is 17.5. The Morgan fingerprint density at radius 1 is 1.00 bits per heavy atom. The first-order valence-corrected chi connectivity index (χ1v) is 8.83. The number of benzene rings is 2. The first kappa shape index (κ1) is 18.1. The van der Waals surface area contributed by atoms with Gasteiger partial charge in [0, 0.05) is 23.2 Å². The first-order chi connectivity index (χ1) is 11.4. The lowest BCUT2D eigenvalue weighted by molar-refractivity contribution is -0.114. The summed E-state index contributed by atoms with van der Waals surface area (Å²) in [6.45, 7) is 5.73. The summed E-state index contributed by atoms with van der Waals surface area (Å²) in [5.74, 6) is 0.634. The van der Waals surface area contributed by atoms with Crippen LogP contribution in [-0.2, 0) is 9.59 Å². The van der Waals surface area contributed by atoms with E-state index in [1.165, 1.54) is 24.2 Å². The molecule has 5 heteroatoms. The molecule has 0 aliphatic rings. The number of nitrogens with one attached hydrogen (secondary N) is 2. The number of carbonyl (C=O) groups excluding carboxylic acids is 2. The third-order valence-corrected chi connectivity index (χ3v) is 4.39. The van der Waals surface area contributed by atoms with Crippen molar-refractivity contribution in [3.63, 3.8) is 0 Å². The van der Waals surface area contributed by atoms with Gasteiger partial charge in [-0.25, -0.2) is 0 Å². The Hall–Kier alpha value is -2.27. The molecule has 0 heterocycles. The SMILES string of the molecule is CC(=O)Nc1ccc(SCC(=O)Nc2cccc(C(C)C)c2)cc1. The quantitative estimate of drug-likeness (QED) is 0.760. The van der Waals surface area contributed by atoms with E-state index in [4.69, 9.17) is 0 Å². The minimum absolute atomic E-state index is 0.0353. The van der Waals surface area contributed by atoms with Crippen LogP contribution in [-0.4, -0.2) is 17.6 Å². The van der Waals surface area contributed by atoms with E-state index in [9.17, 15) is 9.59 Å². The summed E-state index contributed by atoms with van der Waals surface area (Å²) in [6.07, 6.45) is 0. The molecule has 0 bridgehead atoms. The predicted molar refractivity (Wildman–Crippen MR) is 101 cm³/mol.